The predicted octanol–water partition coefficient (Wildman–Crippen LogP) is 6.42. The molecule has 0 aliphatic heterocycles. The second kappa shape index (κ2) is 9.42. The number of carbonyl (C=O) groups excluding carboxylic acids is 2. The molecule has 0 saturated carbocycles. The van der Waals surface area contributed by atoms with Crippen LogP contribution in [0.5, 0.6) is 11.5 Å². The molecule has 1 heterocycles. The number of benzene rings is 3. The minimum absolute atomic E-state index is 0.0730. The van der Waals surface area contributed by atoms with Crippen molar-refractivity contribution in [1.82, 2.24) is 4.98 Å². The summed E-state index contributed by atoms with van der Waals surface area (Å²) >= 11 is 1.55. The molecule has 0 radical (unpaired) electrons. The van der Waals surface area contributed by atoms with E-state index in [0.717, 1.165) is 15.2 Å². The fourth-order valence-corrected chi connectivity index (χ4v) is 4.20. The van der Waals surface area contributed by atoms with Gasteiger partial charge in [-0.1, -0.05) is 42.5 Å². The maximum Gasteiger partial charge on any atom is 0.514 e. The fourth-order valence-electron chi connectivity index (χ4n) is 3.21. The average molecular weight is 462 g/mol. The van der Waals surface area contributed by atoms with Crippen molar-refractivity contribution in [2.45, 2.75) is 32.8 Å². The summed E-state index contributed by atoms with van der Waals surface area (Å²) < 4.78 is 17.3. The molecule has 0 bridgehead atoms. The lowest BCUT2D eigenvalue weighted by molar-refractivity contribution is 0.0204. The van der Waals surface area contributed by atoms with Crippen LogP contribution < -0.4 is 9.47 Å². The van der Waals surface area contributed by atoms with Gasteiger partial charge in [0.1, 0.15) is 22.7 Å². The zero-order chi connectivity index (χ0) is 23.4. The Bertz CT molecular complexity index is 1260. The molecule has 0 aliphatic rings. The minimum Gasteiger partial charge on any atom is -0.428 e. The zero-order valence-electron chi connectivity index (χ0n) is 18.5. The first-order valence-electron chi connectivity index (χ1n) is 10.4. The van der Waals surface area contributed by atoms with Gasteiger partial charge in [-0.05, 0) is 56.7 Å². The number of hydrogen-bond donors (Lipinski definition) is 0. The number of aromatic nitrogens is 1. The number of nitrogens with zero attached hydrogens (tertiary/aromatic N) is 1. The van der Waals surface area contributed by atoms with E-state index in [1.807, 2.05) is 30.3 Å². The Kier molecular flexibility index (Phi) is 6.42. The molecule has 0 unspecified atom stereocenters. The normalized spacial score (nSPS) is 11.2. The highest BCUT2D eigenvalue weighted by Crippen LogP contribution is 2.30. The Morgan fingerprint density at radius 1 is 0.879 bits per heavy atom. The summed E-state index contributed by atoms with van der Waals surface area (Å²) in [5.41, 5.74) is 0.954. The average Bonchev–Trinajstić information content (AvgIpc) is 3.15. The second-order valence-corrected chi connectivity index (χ2v) is 9.43. The Morgan fingerprint density at radius 2 is 1.61 bits per heavy atom. The van der Waals surface area contributed by atoms with Crippen molar-refractivity contribution in [1.29, 1.82) is 0 Å². The molecule has 0 amide bonds. The van der Waals surface area contributed by atoms with E-state index in [1.165, 1.54) is 0 Å². The molecule has 0 saturated heterocycles. The standard InChI is InChI=1S/C26H23NO5S/c1-26(2,3)32-25(29)31-20-14-9-10-17(16-22-27-19-13-7-8-15-21(19)33-22)23(20)24(28)30-18-11-5-4-6-12-18/h4-15H,16H2,1-3H3. The number of carbonyl (C=O) groups is 2. The molecule has 4 rings (SSSR count). The minimum atomic E-state index is -0.895. The maximum atomic E-state index is 13.2. The van der Waals surface area contributed by atoms with Crippen LogP contribution >= 0.6 is 11.3 Å². The molecule has 7 heteroatoms. The van der Waals surface area contributed by atoms with Crippen molar-refractivity contribution in [3.8, 4) is 11.5 Å². The highest BCUT2D eigenvalue weighted by molar-refractivity contribution is 7.18. The van der Waals surface area contributed by atoms with Gasteiger partial charge in [0.15, 0.2) is 0 Å². The summed E-state index contributed by atoms with van der Waals surface area (Å²) in [6.45, 7) is 5.22. The lowest BCUT2D eigenvalue weighted by atomic mass is 10.0. The van der Waals surface area contributed by atoms with E-state index in [9.17, 15) is 9.59 Å². The van der Waals surface area contributed by atoms with Gasteiger partial charge in [0.2, 0.25) is 0 Å². The Morgan fingerprint density at radius 3 is 2.33 bits per heavy atom. The van der Waals surface area contributed by atoms with Gasteiger partial charge >= 0.3 is 12.1 Å². The van der Waals surface area contributed by atoms with Crippen LogP contribution in [0.15, 0.2) is 72.8 Å². The summed E-state index contributed by atoms with van der Waals surface area (Å²) in [5, 5.41) is 0.833. The smallest absolute Gasteiger partial charge is 0.428 e. The lowest BCUT2D eigenvalue weighted by Crippen LogP contribution is -2.26. The first kappa shape index (κ1) is 22.5. The number of esters is 1. The van der Waals surface area contributed by atoms with Crippen LogP contribution in [0.3, 0.4) is 0 Å². The number of thiazole rings is 1. The van der Waals surface area contributed by atoms with E-state index in [0.29, 0.717) is 17.7 Å². The van der Waals surface area contributed by atoms with Gasteiger partial charge in [0.05, 0.1) is 15.2 Å². The molecular weight excluding hydrogens is 438 g/mol. The maximum absolute atomic E-state index is 13.2. The largest absolute Gasteiger partial charge is 0.514 e. The number of fused-ring (bicyclic) bond motifs is 1. The number of ether oxygens (including phenoxy) is 3. The summed E-state index contributed by atoms with van der Waals surface area (Å²) in [6.07, 6.45) is -0.516. The topological polar surface area (TPSA) is 74.7 Å². The quantitative estimate of drug-likeness (QED) is 0.194. The Hall–Kier alpha value is -3.71. The second-order valence-electron chi connectivity index (χ2n) is 8.31. The van der Waals surface area contributed by atoms with E-state index in [-0.39, 0.29) is 11.3 Å². The molecule has 0 aliphatic carbocycles. The van der Waals surface area contributed by atoms with Gasteiger partial charge in [-0.2, -0.15) is 0 Å². The van der Waals surface area contributed by atoms with Crippen molar-refractivity contribution in [2.75, 3.05) is 0 Å². The van der Waals surface area contributed by atoms with Crippen LogP contribution in [0, 0.1) is 0 Å². The monoisotopic (exact) mass is 461 g/mol. The molecular formula is C26H23NO5S. The van der Waals surface area contributed by atoms with Crippen molar-refractivity contribution >= 4 is 33.7 Å². The van der Waals surface area contributed by atoms with E-state index >= 15 is 0 Å². The van der Waals surface area contributed by atoms with Crippen molar-refractivity contribution in [3.05, 3.63) is 88.9 Å². The molecule has 168 valence electrons. The van der Waals surface area contributed by atoms with Crippen LogP contribution in [0.4, 0.5) is 4.79 Å². The first-order valence-corrected chi connectivity index (χ1v) is 11.2. The Labute approximate surface area is 195 Å². The molecule has 4 aromatic rings. The van der Waals surface area contributed by atoms with Crippen LogP contribution in [0.25, 0.3) is 10.2 Å². The van der Waals surface area contributed by atoms with Crippen LogP contribution in [0.2, 0.25) is 0 Å². The molecule has 1 aromatic heterocycles. The SMILES string of the molecule is CC(C)(C)OC(=O)Oc1cccc(Cc2nc3ccccc3s2)c1C(=O)Oc1ccccc1. The number of hydrogen-bond acceptors (Lipinski definition) is 7. The lowest BCUT2D eigenvalue weighted by Gasteiger charge is -2.19. The number of para-hydroxylation sites is 2. The van der Waals surface area contributed by atoms with Crippen molar-refractivity contribution in [3.63, 3.8) is 0 Å². The summed E-state index contributed by atoms with van der Waals surface area (Å²) in [4.78, 5) is 30.2. The summed E-state index contributed by atoms with van der Waals surface area (Å²) in [5.74, 6) is -0.166. The fraction of sp³-hybridized carbons (Fsp3) is 0.192. The van der Waals surface area contributed by atoms with Crippen molar-refractivity contribution in [2.24, 2.45) is 0 Å². The van der Waals surface area contributed by atoms with Crippen LogP contribution in [-0.2, 0) is 11.2 Å². The third kappa shape index (κ3) is 5.75. The van der Waals surface area contributed by atoms with Crippen LogP contribution in [-0.4, -0.2) is 22.7 Å². The predicted molar refractivity (Wildman–Crippen MR) is 127 cm³/mol. The molecule has 33 heavy (non-hydrogen) atoms. The van der Waals surface area contributed by atoms with Gasteiger partial charge < -0.3 is 14.2 Å². The van der Waals surface area contributed by atoms with Crippen molar-refractivity contribution < 1.29 is 23.8 Å². The van der Waals surface area contributed by atoms with E-state index < -0.39 is 17.7 Å². The third-order valence-electron chi connectivity index (χ3n) is 4.53. The molecule has 6 nitrogen and oxygen atoms in total. The molecule has 0 atom stereocenters. The summed E-state index contributed by atoms with van der Waals surface area (Å²) in [6, 6.07) is 21.7. The van der Waals surface area contributed by atoms with Gasteiger partial charge in [-0.25, -0.2) is 14.6 Å². The van der Waals surface area contributed by atoms with Gasteiger partial charge in [0.25, 0.3) is 0 Å². The van der Waals surface area contributed by atoms with E-state index in [4.69, 9.17) is 14.2 Å². The highest BCUT2D eigenvalue weighted by Gasteiger charge is 2.25. The van der Waals surface area contributed by atoms with Gasteiger partial charge in [-0.3, -0.25) is 0 Å². The van der Waals surface area contributed by atoms with E-state index in [2.05, 4.69) is 4.98 Å². The number of rotatable bonds is 5. The third-order valence-corrected chi connectivity index (χ3v) is 5.57. The highest BCUT2D eigenvalue weighted by atomic mass is 32.1. The molecule has 0 fully saturated rings. The molecule has 0 N–H and O–H groups in total. The zero-order valence-corrected chi connectivity index (χ0v) is 19.3. The molecule has 0 spiro atoms. The van der Waals surface area contributed by atoms with Crippen LogP contribution in [0.1, 0.15) is 41.7 Å². The van der Waals surface area contributed by atoms with Gasteiger partial charge in [0, 0.05) is 6.42 Å². The molecule has 3 aromatic carbocycles. The van der Waals surface area contributed by atoms with E-state index in [1.54, 1.807) is 74.6 Å². The Balaban J connectivity index is 1.69. The summed E-state index contributed by atoms with van der Waals surface area (Å²) in [7, 11) is 0. The first-order chi connectivity index (χ1) is 15.8. The van der Waals surface area contributed by atoms with Gasteiger partial charge in [-0.15, -0.1) is 11.3 Å².